The van der Waals surface area contributed by atoms with Crippen LogP contribution < -0.4 is 16.4 Å². The summed E-state index contributed by atoms with van der Waals surface area (Å²) in [7, 11) is 0. The number of nitrogens with one attached hydrogen (secondary N) is 2. The molecule has 1 aromatic heterocycles. The molecule has 0 atom stereocenters. The molecule has 0 spiro atoms. The molecule has 0 fully saturated rings. The third-order valence-corrected chi connectivity index (χ3v) is 3.94. The highest BCUT2D eigenvalue weighted by molar-refractivity contribution is 9.10. The van der Waals surface area contributed by atoms with Crippen molar-refractivity contribution in [1.29, 1.82) is 0 Å². The third kappa shape index (κ3) is 4.23. The normalized spacial score (nSPS) is 11.2. The molecule has 3 aromatic rings. The van der Waals surface area contributed by atoms with Crippen LogP contribution in [0.2, 0.25) is 0 Å². The molecule has 134 valence electrons. The fourth-order valence-electron chi connectivity index (χ4n) is 2.18. The van der Waals surface area contributed by atoms with E-state index in [2.05, 4.69) is 36.5 Å². The molecule has 4 N–H and O–H groups in total. The van der Waals surface area contributed by atoms with Crippen LogP contribution in [0.1, 0.15) is 5.56 Å². The summed E-state index contributed by atoms with van der Waals surface area (Å²) in [6, 6.07) is 12.0. The SMILES string of the molecule is Nc1c(Nc2ccc(C(F)(F)F)cc2)ncnc1Nc1cccc(Br)c1. The molecule has 3 rings (SSSR count). The molecule has 2 aromatic carbocycles. The number of hydrogen-bond donors (Lipinski definition) is 3. The maximum absolute atomic E-state index is 12.6. The van der Waals surface area contributed by atoms with Gasteiger partial charge in [0, 0.05) is 15.8 Å². The number of nitrogen functional groups attached to an aromatic ring is 1. The number of hydrogen-bond acceptors (Lipinski definition) is 5. The number of alkyl halides is 3. The Bertz CT molecular complexity index is 913. The van der Waals surface area contributed by atoms with E-state index in [1.54, 1.807) is 0 Å². The van der Waals surface area contributed by atoms with E-state index in [-0.39, 0.29) is 11.5 Å². The minimum absolute atomic E-state index is 0.243. The highest BCUT2D eigenvalue weighted by Crippen LogP contribution is 2.32. The molecule has 0 bridgehead atoms. The summed E-state index contributed by atoms with van der Waals surface area (Å²) >= 11 is 3.38. The molecule has 0 radical (unpaired) electrons. The van der Waals surface area contributed by atoms with Crippen LogP contribution in [0, 0.1) is 0 Å². The monoisotopic (exact) mass is 423 g/mol. The minimum Gasteiger partial charge on any atom is -0.393 e. The molecule has 26 heavy (non-hydrogen) atoms. The summed E-state index contributed by atoms with van der Waals surface area (Å²) in [5, 5.41) is 5.97. The van der Waals surface area contributed by atoms with Gasteiger partial charge in [-0.1, -0.05) is 22.0 Å². The van der Waals surface area contributed by atoms with Crippen LogP contribution in [0.15, 0.2) is 59.3 Å². The predicted molar refractivity (Wildman–Crippen MR) is 98.6 cm³/mol. The standard InChI is InChI=1S/C17H13BrF3N5/c18-11-2-1-3-13(8-11)26-16-14(22)15(23-9-24-16)25-12-6-4-10(5-7-12)17(19,20)21/h1-9H,22H2,(H2,23,24,25,26). The van der Waals surface area contributed by atoms with Crippen molar-refractivity contribution in [2.75, 3.05) is 16.4 Å². The van der Waals surface area contributed by atoms with E-state index >= 15 is 0 Å². The van der Waals surface area contributed by atoms with Gasteiger partial charge in [-0.15, -0.1) is 0 Å². The Morgan fingerprint density at radius 2 is 1.50 bits per heavy atom. The Balaban J connectivity index is 1.81. The van der Waals surface area contributed by atoms with Gasteiger partial charge in [-0.2, -0.15) is 13.2 Å². The number of benzene rings is 2. The van der Waals surface area contributed by atoms with Crippen molar-refractivity contribution < 1.29 is 13.2 Å². The van der Waals surface area contributed by atoms with E-state index < -0.39 is 11.7 Å². The topological polar surface area (TPSA) is 75.9 Å². The van der Waals surface area contributed by atoms with Crippen molar-refractivity contribution in [3.8, 4) is 0 Å². The Morgan fingerprint density at radius 3 is 2.08 bits per heavy atom. The fraction of sp³-hybridized carbons (Fsp3) is 0.0588. The average molecular weight is 424 g/mol. The largest absolute Gasteiger partial charge is 0.416 e. The zero-order valence-electron chi connectivity index (χ0n) is 13.2. The van der Waals surface area contributed by atoms with Crippen LogP contribution in [0.4, 0.5) is 41.9 Å². The van der Waals surface area contributed by atoms with E-state index in [0.717, 1.165) is 22.3 Å². The Hall–Kier alpha value is -2.81. The van der Waals surface area contributed by atoms with Gasteiger partial charge in [0.2, 0.25) is 0 Å². The third-order valence-electron chi connectivity index (χ3n) is 3.45. The molecule has 9 heteroatoms. The lowest BCUT2D eigenvalue weighted by atomic mass is 10.2. The molecule has 0 aliphatic carbocycles. The number of nitrogens with two attached hydrogens (primary N) is 1. The molecule has 0 saturated carbocycles. The van der Waals surface area contributed by atoms with E-state index in [1.807, 2.05) is 24.3 Å². The van der Waals surface area contributed by atoms with Crippen LogP contribution in [0.3, 0.4) is 0 Å². The summed E-state index contributed by atoms with van der Waals surface area (Å²) in [5.74, 6) is 0.671. The number of rotatable bonds is 4. The van der Waals surface area contributed by atoms with Crippen LogP contribution >= 0.6 is 15.9 Å². The molecule has 0 saturated heterocycles. The van der Waals surface area contributed by atoms with Crippen LogP contribution in [-0.4, -0.2) is 9.97 Å². The molecular weight excluding hydrogens is 411 g/mol. The second-order valence-corrected chi connectivity index (χ2v) is 6.24. The van der Waals surface area contributed by atoms with E-state index in [1.165, 1.54) is 18.5 Å². The van der Waals surface area contributed by atoms with Crippen molar-refractivity contribution in [3.63, 3.8) is 0 Å². The number of anilines is 5. The second kappa shape index (κ2) is 7.20. The number of nitrogens with zero attached hydrogens (tertiary/aromatic N) is 2. The molecule has 0 aliphatic heterocycles. The van der Waals surface area contributed by atoms with E-state index in [4.69, 9.17) is 5.73 Å². The maximum Gasteiger partial charge on any atom is 0.416 e. The number of aromatic nitrogens is 2. The lowest BCUT2D eigenvalue weighted by molar-refractivity contribution is -0.137. The van der Waals surface area contributed by atoms with Gasteiger partial charge in [-0.3, -0.25) is 0 Å². The second-order valence-electron chi connectivity index (χ2n) is 5.32. The van der Waals surface area contributed by atoms with E-state index in [9.17, 15) is 13.2 Å². The summed E-state index contributed by atoms with van der Waals surface area (Å²) < 4.78 is 38.8. The van der Waals surface area contributed by atoms with Crippen molar-refractivity contribution >= 4 is 44.6 Å². The molecule has 0 aliphatic rings. The molecular formula is C17H13BrF3N5. The van der Waals surface area contributed by atoms with Crippen LogP contribution in [0.5, 0.6) is 0 Å². The molecule has 0 unspecified atom stereocenters. The van der Waals surface area contributed by atoms with Gasteiger partial charge in [-0.05, 0) is 42.5 Å². The van der Waals surface area contributed by atoms with Crippen LogP contribution in [-0.2, 0) is 6.18 Å². The van der Waals surface area contributed by atoms with Gasteiger partial charge in [0.25, 0.3) is 0 Å². The summed E-state index contributed by atoms with van der Waals surface area (Å²) in [6.07, 6.45) is -3.07. The number of halogens is 4. The zero-order valence-corrected chi connectivity index (χ0v) is 14.8. The average Bonchev–Trinajstić information content (AvgIpc) is 2.58. The Kier molecular flexibility index (Phi) is 4.99. The highest BCUT2D eigenvalue weighted by Gasteiger charge is 2.29. The van der Waals surface area contributed by atoms with E-state index in [0.29, 0.717) is 11.5 Å². The predicted octanol–water partition coefficient (Wildman–Crippen LogP) is 5.33. The lowest BCUT2D eigenvalue weighted by Crippen LogP contribution is -2.06. The van der Waals surface area contributed by atoms with Crippen molar-refractivity contribution in [2.24, 2.45) is 0 Å². The first-order valence-electron chi connectivity index (χ1n) is 7.40. The minimum atomic E-state index is -4.38. The molecule has 5 nitrogen and oxygen atoms in total. The van der Waals surface area contributed by atoms with Gasteiger partial charge in [-0.25, -0.2) is 9.97 Å². The first-order valence-corrected chi connectivity index (χ1v) is 8.19. The first kappa shape index (κ1) is 18.0. The van der Waals surface area contributed by atoms with Crippen LogP contribution in [0.25, 0.3) is 0 Å². The van der Waals surface area contributed by atoms with Gasteiger partial charge >= 0.3 is 6.18 Å². The lowest BCUT2D eigenvalue weighted by Gasteiger charge is -2.13. The van der Waals surface area contributed by atoms with Crippen molar-refractivity contribution in [2.45, 2.75) is 6.18 Å². The smallest absolute Gasteiger partial charge is 0.393 e. The summed E-state index contributed by atoms with van der Waals surface area (Å²) in [6.45, 7) is 0. The van der Waals surface area contributed by atoms with Gasteiger partial charge < -0.3 is 16.4 Å². The first-order chi connectivity index (χ1) is 12.3. The highest BCUT2D eigenvalue weighted by atomic mass is 79.9. The molecule has 1 heterocycles. The molecule has 0 amide bonds. The Morgan fingerprint density at radius 1 is 0.885 bits per heavy atom. The summed E-state index contributed by atoms with van der Waals surface area (Å²) in [4.78, 5) is 8.15. The van der Waals surface area contributed by atoms with Crippen molar-refractivity contribution in [1.82, 2.24) is 9.97 Å². The van der Waals surface area contributed by atoms with Gasteiger partial charge in [0.15, 0.2) is 11.6 Å². The summed E-state index contributed by atoms with van der Waals surface area (Å²) in [5.41, 5.74) is 6.79. The fourth-order valence-corrected chi connectivity index (χ4v) is 2.58. The van der Waals surface area contributed by atoms with Gasteiger partial charge in [0.05, 0.1) is 5.56 Å². The zero-order chi connectivity index (χ0) is 18.7. The Labute approximate surface area is 155 Å². The quantitative estimate of drug-likeness (QED) is 0.528. The maximum atomic E-state index is 12.6. The van der Waals surface area contributed by atoms with Crippen molar-refractivity contribution in [3.05, 3.63) is 64.9 Å². The van der Waals surface area contributed by atoms with Gasteiger partial charge in [0.1, 0.15) is 12.0 Å².